The quantitative estimate of drug-likeness (QED) is 0.454. The van der Waals surface area contributed by atoms with Crippen molar-refractivity contribution < 1.29 is 22.7 Å². The monoisotopic (exact) mass is 529 g/mol. The first-order chi connectivity index (χ1) is 18.0. The van der Waals surface area contributed by atoms with Gasteiger partial charge in [0.1, 0.15) is 23.1 Å². The highest BCUT2D eigenvalue weighted by molar-refractivity contribution is 5.93. The zero-order valence-electron chi connectivity index (χ0n) is 21.4. The number of piperidine rings is 1. The summed E-state index contributed by atoms with van der Waals surface area (Å²) in [7, 11) is 3.74. The minimum absolute atomic E-state index is 0.0409. The number of pyridine rings is 2. The molecule has 11 heteroatoms. The van der Waals surface area contributed by atoms with Crippen molar-refractivity contribution in [3.8, 4) is 11.5 Å². The van der Waals surface area contributed by atoms with E-state index in [9.17, 15) is 22.8 Å². The van der Waals surface area contributed by atoms with Gasteiger partial charge in [0.25, 0.3) is 5.92 Å². The van der Waals surface area contributed by atoms with Crippen LogP contribution in [0.25, 0.3) is 0 Å². The number of likely N-dealkylation sites (tertiary alicyclic amines) is 1. The predicted molar refractivity (Wildman–Crippen MR) is 137 cm³/mol. The number of anilines is 1. The van der Waals surface area contributed by atoms with Crippen molar-refractivity contribution in [1.29, 1.82) is 0 Å². The molecule has 0 saturated carbocycles. The third-order valence-electron chi connectivity index (χ3n) is 6.52. The van der Waals surface area contributed by atoms with Gasteiger partial charge in [-0.3, -0.25) is 14.5 Å². The van der Waals surface area contributed by atoms with Crippen LogP contribution in [-0.4, -0.2) is 64.8 Å². The number of carbonyl (C=O) groups excluding carboxylic acids is 1. The van der Waals surface area contributed by atoms with E-state index in [1.54, 1.807) is 30.0 Å². The number of aromatic amines is 1. The van der Waals surface area contributed by atoms with Gasteiger partial charge in [-0.1, -0.05) is 6.07 Å². The van der Waals surface area contributed by atoms with Crippen molar-refractivity contribution in [3.63, 3.8) is 0 Å². The summed E-state index contributed by atoms with van der Waals surface area (Å²) in [6.45, 7) is 2.15. The van der Waals surface area contributed by atoms with Crippen LogP contribution in [0.1, 0.15) is 30.4 Å². The zero-order valence-corrected chi connectivity index (χ0v) is 21.4. The third kappa shape index (κ3) is 6.59. The minimum Gasteiger partial charge on any atom is -0.455 e. The summed E-state index contributed by atoms with van der Waals surface area (Å²) in [4.78, 5) is 34.5. The molecule has 202 valence electrons. The van der Waals surface area contributed by atoms with Gasteiger partial charge >= 0.3 is 0 Å². The lowest BCUT2D eigenvalue weighted by Crippen LogP contribution is -2.52. The number of aromatic nitrogens is 2. The molecule has 8 nitrogen and oxygen atoms in total. The van der Waals surface area contributed by atoms with Crippen molar-refractivity contribution in [2.75, 3.05) is 32.5 Å². The molecular weight excluding hydrogens is 499 g/mol. The van der Waals surface area contributed by atoms with Gasteiger partial charge in [-0.2, -0.15) is 0 Å². The van der Waals surface area contributed by atoms with Crippen LogP contribution in [0.4, 0.5) is 19.0 Å². The highest BCUT2D eigenvalue weighted by atomic mass is 19.3. The number of hydrogen-bond acceptors (Lipinski definition) is 6. The molecule has 0 aliphatic carbocycles. The first-order valence-electron chi connectivity index (χ1n) is 12.2. The van der Waals surface area contributed by atoms with E-state index in [0.717, 1.165) is 0 Å². The van der Waals surface area contributed by atoms with E-state index in [1.807, 2.05) is 19.0 Å². The molecule has 38 heavy (non-hydrogen) atoms. The number of carbonyl (C=O) groups is 1. The average molecular weight is 530 g/mol. The number of hydrogen-bond donors (Lipinski definition) is 2. The molecule has 2 N–H and O–H groups in total. The molecular formula is C27H30F3N5O3. The second kappa shape index (κ2) is 11.4. The molecule has 2 atom stereocenters. The van der Waals surface area contributed by atoms with Gasteiger partial charge in [0.05, 0.1) is 18.2 Å². The van der Waals surface area contributed by atoms with Gasteiger partial charge in [0, 0.05) is 43.9 Å². The first kappa shape index (κ1) is 27.3. The molecule has 4 rings (SSSR count). The Morgan fingerprint density at radius 1 is 1.26 bits per heavy atom. The molecule has 1 aromatic carbocycles. The number of amides is 1. The molecule has 0 bridgehead atoms. The topological polar surface area (TPSA) is 90.6 Å². The fourth-order valence-corrected chi connectivity index (χ4v) is 4.42. The highest BCUT2D eigenvalue weighted by Crippen LogP contribution is 2.40. The van der Waals surface area contributed by atoms with E-state index in [0.29, 0.717) is 29.2 Å². The Hall–Kier alpha value is -3.70. The summed E-state index contributed by atoms with van der Waals surface area (Å²) in [5, 5.41) is 2.72. The number of nitrogens with one attached hydrogen (secondary N) is 2. The van der Waals surface area contributed by atoms with E-state index in [-0.39, 0.29) is 36.2 Å². The number of rotatable bonds is 8. The lowest BCUT2D eigenvalue weighted by Gasteiger charge is -2.40. The largest absolute Gasteiger partial charge is 0.455 e. The maximum atomic E-state index is 14.7. The number of ether oxygens (including phenoxy) is 1. The SMILES string of the molecule is C[C@@H](C(=O)Nc1ccc(Oc2ccc(F)cc2CN(C)C)cn1)N1CCC(F)(F)[C@@H](c2ccc(=O)[nH]c2)C1. The normalized spacial score (nSPS) is 18.2. The van der Waals surface area contributed by atoms with Gasteiger partial charge < -0.3 is 19.9 Å². The fourth-order valence-electron chi connectivity index (χ4n) is 4.42. The first-order valence-corrected chi connectivity index (χ1v) is 12.2. The van der Waals surface area contributed by atoms with Crippen LogP contribution >= 0.6 is 0 Å². The maximum Gasteiger partial charge on any atom is 0.257 e. The van der Waals surface area contributed by atoms with E-state index >= 15 is 0 Å². The summed E-state index contributed by atoms with van der Waals surface area (Å²) in [6, 6.07) is 9.41. The average Bonchev–Trinajstić information content (AvgIpc) is 2.86. The molecule has 2 aromatic heterocycles. The van der Waals surface area contributed by atoms with Crippen LogP contribution in [0.3, 0.4) is 0 Å². The van der Waals surface area contributed by atoms with Crippen LogP contribution in [0, 0.1) is 5.82 Å². The smallest absolute Gasteiger partial charge is 0.257 e. The summed E-state index contributed by atoms with van der Waals surface area (Å²) >= 11 is 0. The Morgan fingerprint density at radius 2 is 2.05 bits per heavy atom. The summed E-state index contributed by atoms with van der Waals surface area (Å²) < 4.78 is 48.9. The number of alkyl halides is 2. The van der Waals surface area contributed by atoms with Crippen LogP contribution in [0.5, 0.6) is 11.5 Å². The zero-order chi connectivity index (χ0) is 27.4. The second-order valence-corrected chi connectivity index (χ2v) is 9.68. The second-order valence-electron chi connectivity index (χ2n) is 9.68. The van der Waals surface area contributed by atoms with Gasteiger partial charge in [-0.15, -0.1) is 0 Å². The van der Waals surface area contributed by atoms with Crippen molar-refractivity contribution in [2.45, 2.75) is 37.8 Å². The van der Waals surface area contributed by atoms with E-state index in [2.05, 4.69) is 15.3 Å². The Kier molecular flexibility index (Phi) is 8.17. The molecule has 1 saturated heterocycles. The van der Waals surface area contributed by atoms with Crippen LogP contribution < -0.4 is 15.6 Å². The predicted octanol–water partition coefficient (Wildman–Crippen LogP) is 4.21. The Labute approximate surface area is 218 Å². The van der Waals surface area contributed by atoms with Crippen LogP contribution in [0.15, 0.2) is 59.7 Å². The van der Waals surface area contributed by atoms with E-state index in [1.165, 1.54) is 36.7 Å². The molecule has 1 aliphatic heterocycles. The molecule has 0 unspecified atom stereocenters. The standard InChI is InChI=1S/C27H30F3N5O3/c1-17(35-11-10-27(29,30)22(16-35)18-4-9-25(36)32-13-18)26(37)33-24-8-6-21(14-31-24)38-23-7-5-20(28)12-19(23)15-34(2)3/h4-9,12-14,17,22H,10-11,15-16H2,1-3H3,(H,32,36)(H,31,33,37)/t17-,22+/m0/s1. The Balaban J connectivity index is 1.39. The van der Waals surface area contributed by atoms with Crippen LogP contribution in [0.2, 0.25) is 0 Å². The summed E-state index contributed by atoms with van der Waals surface area (Å²) in [5.41, 5.74) is 0.626. The molecule has 3 aromatic rings. The van der Waals surface area contributed by atoms with Crippen molar-refractivity contribution in [3.05, 3.63) is 82.2 Å². The van der Waals surface area contributed by atoms with Crippen molar-refractivity contribution in [2.24, 2.45) is 0 Å². The molecule has 1 aliphatic rings. The summed E-state index contributed by atoms with van der Waals surface area (Å²) in [6.07, 6.45) is 2.34. The minimum atomic E-state index is -2.96. The number of benzene rings is 1. The molecule has 3 heterocycles. The Bertz CT molecular complexity index is 1310. The van der Waals surface area contributed by atoms with Gasteiger partial charge in [-0.25, -0.2) is 18.2 Å². The third-order valence-corrected chi connectivity index (χ3v) is 6.52. The van der Waals surface area contributed by atoms with Crippen LogP contribution in [-0.2, 0) is 11.3 Å². The lowest BCUT2D eigenvalue weighted by molar-refractivity contribution is -0.125. The molecule has 1 amide bonds. The maximum absolute atomic E-state index is 14.7. The fraction of sp³-hybridized carbons (Fsp3) is 0.370. The van der Waals surface area contributed by atoms with E-state index in [4.69, 9.17) is 4.74 Å². The Morgan fingerprint density at radius 3 is 2.71 bits per heavy atom. The van der Waals surface area contributed by atoms with Crippen molar-refractivity contribution >= 4 is 11.7 Å². The summed E-state index contributed by atoms with van der Waals surface area (Å²) in [5.74, 6) is -3.68. The molecule has 1 fully saturated rings. The van der Waals surface area contributed by atoms with Crippen molar-refractivity contribution in [1.82, 2.24) is 19.8 Å². The van der Waals surface area contributed by atoms with Gasteiger partial charge in [-0.05, 0) is 56.9 Å². The number of halogens is 3. The van der Waals surface area contributed by atoms with Gasteiger partial charge in [0.15, 0.2) is 0 Å². The number of H-pyrrole nitrogens is 1. The van der Waals surface area contributed by atoms with E-state index < -0.39 is 24.3 Å². The van der Waals surface area contributed by atoms with Gasteiger partial charge in [0.2, 0.25) is 11.5 Å². The highest BCUT2D eigenvalue weighted by Gasteiger charge is 2.46. The number of nitrogens with zero attached hydrogens (tertiary/aromatic N) is 3. The molecule has 0 spiro atoms. The molecule has 0 radical (unpaired) electrons. The lowest BCUT2D eigenvalue weighted by atomic mass is 9.87.